The van der Waals surface area contributed by atoms with Crippen LogP contribution in [-0.4, -0.2) is 47.0 Å². The average Bonchev–Trinajstić information content (AvgIpc) is 3.77. The zero-order chi connectivity index (χ0) is 29.9. The first-order chi connectivity index (χ1) is 21.6. The van der Waals surface area contributed by atoms with Crippen LogP contribution in [0.4, 0.5) is 11.4 Å². The molecule has 4 heterocycles. The number of rotatable bonds is 8. The summed E-state index contributed by atoms with van der Waals surface area (Å²) in [4.78, 5) is 11.4. The van der Waals surface area contributed by atoms with Gasteiger partial charge in [0.25, 0.3) is 0 Å². The minimum absolute atomic E-state index is 0.470. The van der Waals surface area contributed by atoms with Crippen molar-refractivity contribution in [3.05, 3.63) is 99.8 Å². The largest absolute Gasteiger partial charge is 0.456 e. The SMILES string of the molecule is N#Cc1cnc2cc(-c3csc(CN4CCC(N5CCCC5)CC4)c3)ccc2c1Nc1ccc(Oc2ccccc2)c(Cl)c1. The quantitative estimate of drug-likeness (QED) is 0.187. The Morgan fingerprint density at radius 3 is 2.55 bits per heavy atom. The van der Waals surface area contributed by atoms with E-state index in [1.165, 1.54) is 62.3 Å². The number of para-hydroxylation sites is 1. The lowest BCUT2D eigenvalue weighted by Gasteiger charge is -2.36. The number of benzene rings is 3. The second-order valence-corrected chi connectivity index (χ2v) is 13.0. The molecule has 0 saturated carbocycles. The van der Waals surface area contributed by atoms with Crippen molar-refractivity contribution in [2.24, 2.45) is 0 Å². The van der Waals surface area contributed by atoms with Gasteiger partial charge in [0.15, 0.2) is 0 Å². The van der Waals surface area contributed by atoms with E-state index in [1.54, 1.807) is 6.20 Å². The summed E-state index contributed by atoms with van der Waals surface area (Å²) in [7, 11) is 0. The predicted octanol–water partition coefficient (Wildman–Crippen LogP) is 9.08. The highest BCUT2D eigenvalue weighted by molar-refractivity contribution is 7.10. The van der Waals surface area contributed by atoms with Crippen molar-refractivity contribution in [2.45, 2.75) is 38.3 Å². The highest BCUT2D eigenvalue weighted by Gasteiger charge is 2.26. The van der Waals surface area contributed by atoms with Gasteiger partial charge in [-0.2, -0.15) is 5.26 Å². The molecule has 44 heavy (non-hydrogen) atoms. The number of pyridine rings is 1. The first-order valence-corrected chi connectivity index (χ1v) is 16.6. The number of nitrogens with one attached hydrogen (secondary N) is 1. The number of anilines is 2. The molecule has 0 spiro atoms. The Morgan fingerprint density at radius 1 is 0.955 bits per heavy atom. The summed E-state index contributed by atoms with van der Waals surface area (Å²) >= 11 is 8.41. The third-order valence-electron chi connectivity index (χ3n) is 8.74. The van der Waals surface area contributed by atoms with Gasteiger partial charge in [0, 0.05) is 47.8 Å². The van der Waals surface area contributed by atoms with Gasteiger partial charge in [-0.3, -0.25) is 9.88 Å². The number of thiophene rings is 1. The van der Waals surface area contributed by atoms with E-state index in [2.05, 4.69) is 55.8 Å². The number of nitrogens with zero attached hydrogens (tertiary/aromatic N) is 4. The number of hydrogen-bond donors (Lipinski definition) is 1. The van der Waals surface area contributed by atoms with Crippen LogP contribution in [0.1, 0.15) is 36.1 Å². The highest BCUT2D eigenvalue weighted by atomic mass is 35.5. The van der Waals surface area contributed by atoms with Gasteiger partial charge in [-0.25, -0.2) is 0 Å². The number of nitriles is 1. The molecule has 2 aliphatic heterocycles. The van der Waals surface area contributed by atoms with Crippen LogP contribution in [-0.2, 0) is 6.54 Å². The summed E-state index contributed by atoms with van der Waals surface area (Å²) in [6, 6.07) is 26.7. The number of aromatic nitrogens is 1. The number of ether oxygens (including phenoxy) is 1. The fourth-order valence-electron chi connectivity index (χ4n) is 6.40. The maximum atomic E-state index is 9.88. The van der Waals surface area contributed by atoms with Crippen molar-refractivity contribution < 1.29 is 4.74 Å². The number of fused-ring (bicyclic) bond motifs is 1. The summed E-state index contributed by atoms with van der Waals surface area (Å²) in [5, 5.41) is 16.9. The Balaban J connectivity index is 1.06. The number of likely N-dealkylation sites (tertiary alicyclic amines) is 2. The molecule has 222 valence electrons. The molecule has 2 aliphatic rings. The molecule has 2 saturated heterocycles. The summed E-state index contributed by atoms with van der Waals surface area (Å²) in [5.74, 6) is 1.28. The van der Waals surface area contributed by atoms with Gasteiger partial charge >= 0.3 is 0 Å². The second kappa shape index (κ2) is 13.0. The van der Waals surface area contributed by atoms with E-state index >= 15 is 0 Å². The van der Waals surface area contributed by atoms with Crippen molar-refractivity contribution in [2.75, 3.05) is 31.5 Å². The van der Waals surface area contributed by atoms with E-state index < -0.39 is 0 Å². The Hall–Kier alpha value is -3.93. The van der Waals surface area contributed by atoms with Gasteiger partial charge in [0.2, 0.25) is 0 Å². The molecule has 2 aromatic heterocycles. The minimum Gasteiger partial charge on any atom is -0.456 e. The maximum absolute atomic E-state index is 9.88. The standard InChI is InChI=1S/C36H34ClN5OS/c37-33-20-28(9-11-35(33)43-30-6-2-1-3-7-30)40-36-27(21-38)22-39-34-19-25(8-10-32(34)36)26-18-31(44-24-26)23-41-16-12-29(13-17-41)42-14-4-5-15-42/h1-3,6-11,18-20,22,24,29H,4-5,12-17,23H2,(H,39,40). The molecular formula is C36H34ClN5OS. The van der Waals surface area contributed by atoms with Crippen molar-refractivity contribution in [1.29, 1.82) is 5.26 Å². The van der Waals surface area contributed by atoms with E-state index in [-0.39, 0.29) is 0 Å². The van der Waals surface area contributed by atoms with Crippen LogP contribution in [0.2, 0.25) is 5.02 Å². The molecule has 0 unspecified atom stereocenters. The van der Waals surface area contributed by atoms with Crippen LogP contribution in [0.5, 0.6) is 11.5 Å². The lowest BCUT2D eigenvalue weighted by atomic mass is 10.0. The molecule has 8 heteroatoms. The molecule has 0 aliphatic carbocycles. The number of halogens is 1. The smallest absolute Gasteiger partial charge is 0.146 e. The summed E-state index contributed by atoms with van der Waals surface area (Å²) in [5.41, 5.74) is 5.10. The molecule has 0 radical (unpaired) electrons. The lowest BCUT2D eigenvalue weighted by Crippen LogP contribution is -2.43. The molecule has 3 aromatic carbocycles. The molecule has 0 amide bonds. The Labute approximate surface area is 267 Å². The normalized spacial score (nSPS) is 16.3. The predicted molar refractivity (Wildman–Crippen MR) is 180 cm³/mol. The van der Waals surface area contributed by atoms with Crippen molar-refractivity contribution in [1.82, 2.24) is 14.8 Å². The van der Waals surface area contributed by atoms with E-state index in [9.17, 15) is 5.26 Å². The van der Waals surface area contributed by atoms with Gasteiger partial charge in [0.1, 0.15) is 17.6 Å². The zero-order valence-electron chi connectivity index (χ0n) is 24.5. The van der Waals surface area contributed by atoms with E-state index in [0.717, 1.165) is 34.7 Å². The first-order valence-electron chi connectivity index (χ1n) is 15.3. The highest BCUT2D eigenvalue weighted by Crippen LogP contribution is 2.36. The molecule has 7 rings (SSSR count). The molecule has 6 nitrogen and oxygen atoms in total. The molecule has 5 aromatic rings. The fourth-order valence-corrected chi connectivity index (χ4v) is 7.55. The lowest BCUT2D eigenvalue weighted by molar-refractivity contribution is 0.123. The fraction of sp³-hybridized carbons (Fsp3) is 0.278. The Kier molecular flexibility index (Phi) is 8.50. The van der Waals surface area contributed by atoms with Gasteiger partial charge in [0.05, 0.1) is 21.8 Å². The third-order valence-corrected chi connectivity index (χ3v) is 9.96. The molecule has 0 bridgehead atoms. The molecular weight excluding hydrogens is 586 g/mol. The van der Waals surface area contributed by atoms with E-state index in [0.29, 0.717) is 27.8 Å². The van der Waals surface area contributed by atoms with Gasteiger partial charge in [-0.1, -0.05) is 41.9 Å². The first kappa shape index (κ1) is 28.8. The maximum Gasteiger partial charge on any atom is 0.146 e. The minimum atomic E-state index is 0.470. The van der Waals surface area contributed by atoms with E-state index in [4.69, 9.17) is 16.3 Å². The van der Waals surface area contributed by atoms with Crippen molar-refractivity contribution in [3.63, 3.8) is 0 Å². The Morgan fingerprint density at radius 2 is 1.77 bits per heavy atom. The Bertz CT molecular complexity index is 1800. The van der Waals surface area contributed by atoms with Crippen molar-refractivity contribution >= 4 is 45.2 Å². The van der Waals surface area contributed by atoms with Gasteiger partial charge in [-0.05, 0) is 97.7 Å². The molecule has 1 N–H and O–H groups in total. The summed E-state index contributed by atoms with van der Waals surface area (Å²) in [6.45, 7) is 5.96. The van der Waals surface area contributed by atoms with Gasteiger partial charge in [-0.15, -0.1) is 11.3 Å². The second-order valence-electron chi connectivity index (χ2n) is 11.6. The average molecular weight is 620 g/mol. The zero-order valence-corrected chi connectivity index (χ0v) is 26.1. The number of piperidine rings is 1. The topological polar surface area (TPSA) is 64.4 Å². The molecule has 0 atom stereocenters. The van der Waals surface area contributed by atoms with E-state index in [1.807, 2.05) is 59.9 Å². The van der Waals surface area contributed by atoms with Crippen LogP contribution >= 0.6 is 22.9 Å². The van der Waals surface area contributed by atoms with Crippen LogP contribution in [0.15, 0.2) is 84.4 Å². The van der Waals surface area contributed by atoms with Crippen LogP contribution in [0, 0.1) is 11.3 Å². The van der Waals surface area contributed by atoms with Crippen molar-refractivity contribution in [3.8, 4) is 28.7 Å². The van der Waals surface area contributed by atoms with Crippen LogP contribution in [0.3, 0.4) is 0 Å². The van der Waals surface area contributed by atoms with Gasteiger partial charge < -0.3 is 15.0 Å². The summed E-state index contributed by atoms with van der Waals surface area (Å²) in [6.07, 6.45) is 6.94. The third kappa shape index (κ3) is 6.31. The number of hydrogen-bond acceptors (Lipinski definition) is 7. The monoisotopic (exact) mass is 619 g/mol. The molecule has 2 fully saturated rings. The van der Waals surface area contributed by atoms with Crippen LogP contribution < -0.4 is 10.1 Å². The van der Waals surface area contributed by atoms with Crippen LogP contribution in [0.25, 0.3) is 22.0 Å². The summed E-state index contributed by atoms with van der Waals surface area (Å²) < 4.78 is 5.93.